The van der Waals surface area contributed by atoms with Crippen LogP contribution in [0.3, 0.4) is 0 Å². The van der Waals surface area contributed by atoms with Crippen LogP contribution in [0.2, 0.25) is 5.02 Å². The van der Waals surface area contributed by atoms with E-state index in [1.165, 1.54) is 18.2 Å². The highest BCUT2D eigenvalue weighted by molar-refractivity contribution is 6.31. The van der Waals surface area contributed by atoms with Crippen molar-refractivity contribution in [3.8, 4) is 0 Å². The van der Waals surface area contributed by atoms with Crippen molar-refractivity contribution in [2.75, 3.05) is 10.6 Å². The Morgan fingerprint density at radius 1 is 1.08 bits per heavy atom. The van der Waals surface area contributed by atoms with Crippen LogP contribution in [0.4, 0.5) is 15.9 Å². The molecular formula is C19H16ClFN4O. The Kier molecular flexibility index (Phi) is 5.43. The molecule has 2 N–H and O–H groups in total. The predicted octanol–water partition coefficient (Wildman–Crippen LogP) is 4.69. The van der Waals surface area contributed by atoms with Gasteiger partial charge in [-0.1, -0.05) is 41.9 Å². The molecule has 1 amide bonds. The van der Waals surface area contributed by atoms with Crippen LogP contribution < -0.4 is 10.6 Å². The summed E-state index contributed by atoms with van der Waals surface area (Å²) in [4.78, 5) is 12.2. The van der Waals surface area contributed by atoms with Crippen LogP contribution in [0.25, 0.3) is 0 Å². The van der Waals surface area contributed by atoms with E-state index in [0.29, 0.717) is 11.5 Å². The average Bonchev–Trinajstić information content (AvgIpc) is 2.66. The lowest BCUT2D eigenvalue weighted by Gasteiger charge is -2.14. The first kappa shape index (κ1) is 17.8. The van der Waals surface area contributed by atoms with E-state index >= 15 is 0 Å². The molecule has 1 atom stereocenters. The Morgan fingerprint density at radius 3 is 2.50 bits per heavy atom. The van der Waals surface area contributed by atoms with Gasteiger partial charge in [0.25, 0.3) is 5.91 Å². The van der Waals surface area contributed by atoms with Gasteiger partial charge in [-0.3, -0.25) is 4.79 Å². The summed E-state index contributed by atoms with van der Waals surface area (Å²) in [7, 11) is 0. The molecule has 0 aliphatic rings. The quantitative estimate of drug-likeness (QED) is 0.683. The lowest BCUT2D eigenvalue weighted by Crippen LogP contribution is -2.15. The highest BCUT2D eigenvalue weighted by atomic mass is 35.5. The van der Waals surface area contributed by atoms with E-state index in [4.69, 9.17) is 11.6 Å². The minimum absolute atomic E-state index is 0.0477. The molecule has 0 radical (unpaired) electrons. The van der Waals surface area contributed by atoms with E-state index in [-0.39, 0.29) is 16.8 Å². The second kappa shape index (κ2) is 7.93. The fourth-order valence-electron chi connectivity index (χ4n) is 2.35. The zero-order chi connectivity index (χ0) is 18.5. The van der Waals surface area contributed by atoms with Crippen molar-refractivity contribution in [1.82, 2.24) is 10.2 Å². The molecule has 1 heterocycles. The molecule has 2 aromatic carbocycles. The van der Waals surface area contributed by atoms with Gasteiger partial charge in [0.2, 0.25) is 0 Å². The molecule has 0 saturated carbocycles. The van der Waals surface area contributed by atoms with Crippen molar-refractivity contribution >= 4 is 29.0 Å². The molecule has 3 rings (SSSR count). The Morgan fingerprint density at radius 2 is 1.85 bits per heavy atom. The number of anilines is 2. The molecule has 3 aromatic rings. The van der Waals surface area contributed by atoms with Gasteiger partial charge in [-0.2, -0.15) is 0 Å². The number of hydrogen-bond acceptors (Lipinski definition) is 4. The second-order valence-corrected chi connectivity index (χ2v) is 6.07. The van der Waals surface area contributed by atoms with Crippen LogP contribution in [0, 0.1) is 5.82 Å². The number of rotatable bonds is 5. The SMILES string of the molecule is CC(Nc1ccc(C(=O)Nc2ccc(F)c(Cl)c2)nn1)c1ccccc1. The molecule has 0 aliphatic carbocycles. The Hall–Kier alpha value is -2.99. The summed E-state index contributed by atoms with van der Waals surface area (Å²) in [6.45, 7) is 2.01. The first-order valence-electron chi connectivity index (χ1n) is 7.94. The standard InChI is InChI=1S/C19H16ClFN4O/c1-12(13-5-3-2-4-6-13)22-18-10-9-17(24-25-18)19(26)23-14-7-8-16(21)15(20)11-14/h2-12H,1H3,(H,22,25)(H,23,26). The van der Waals surface area contributed by atoms with E-state index in [9.17, 15) is 9.18 Å². The van der Waals surface area contributed by atoms with E-state index in [1.807, 2.05) is 37.3 Å². The van der Waals surface area contributed by atoms with Crippen molar-refractivity contribution in [3.63, 3.8) is 0 Å². The minimum atomic E-state index is -0.549. The number of carbonyl (C=O) groups is 1. The number of carbonyl (C=O) groups excluding carboxylic acids is 1. The first-order valence-corrected chi connectivity index (χ1v) is 8.32. The monoisotopic (exact) mass is 370 g/mol. The molecule has 132 valence electrons. The molecule has 1 aromatic heterocycles. The molecule has 0 aliphatic heterocycles. The average molecular weight is 371 g/mol. The number of amides is 1. The highest BCUT2D eigenvalue weighted by Crippen LogP contribution is 2.20. The largest absolute Gasteiger partial charge is 0.362 e. The Balaban J connectivity index is 1.65. The Labute approximate surface area is 155 Å². The summed E-state index contributed by atoms with van der Waals surface area (Å²) in [6.07, 6.45) is 0. The maximum Gasteiger partial charge on any atom is 0.276 e. The van der Waals surface area contributed by atoms with Crippen LogP contribution in [-0.2, 0) is 0 Å². The molecule has 26 heavy (non-hydrogen) atoms. The third kappa shape index (κ3) is 4.34. The van der Waals surface area contributed by atoms with E-state index in [0.717, 1.165) is 5.56 Å². The van der Waals surface area contributed by atoms with E-state index < -0.39 is 11.7 Å². The lowest BCUT2D eigenvalue weighted by molar-refractivity contribution is 0.102. The van der Waals surface area contributed by atoms with Gasteiger partial charge < -0.3 is 10.6 Å². The van der Waals surface area contributed by atoms with E-state index in [1.54, 1.807) is 12.1 Å². The maximum atomic E-state index is 13.2. The molecule has 0 bridgehead atoms. The molecular weight excluding hydrogens is 355 g/mol. The van der Waals surface area contributed by atoms with Crippen molar-refractivity contribution in [3.05, 3.63) is 82.8 Å². The van der Waals surface area contributed by atoms with Gasteiger partial charge in [0.1, 0.15) is 11.6 Å². The highest BCUT2D eigenvalue weighted by Gasteiger charge is 2.11. The van der Waals surface area contributed by atoms with Gasteiger partial charge >= 0.3 is 0 Å². The second-order valence-electron chi connectivity index (χ2n) is 5.66. The molecule has 0 saturated heterocycles. The van der Waals surface area contributed by atoms with Crippen molar-refractivity contribution in [1.29, 1.82) is 0 Å². The van der Waals surface area contributed by atoms with Gasteiger partial charge in [-0.25, -0.2) is 4.39 Å². The van der Waals surface area contributed by atoms with Gasteiger partial charge in [0, 0.05) is 11.7 Å². The molecule has 1 unspecified atom stereocenters. The first-order chi connectivity index (χ1) is 12.5. The normalized spacial score (nSPS) is 11.7. The third-order valence-electron chi connectivity index (χ3n) is 3.74. The summed E-state index contributed by atoms with van der Waals surface area (Å²) < 4.78 is 13.2. The molecule has 0 fully saturated rings. The molecule has 0 spiro atoms. The summed E-state index contributed by atoms with van der Waals surface area (Å²) in [5, 5.41) is 13.7. The number of benzene rings is 2. The number of aromatic nitrogens is 2. The summed E-state index contributed by atoms with van der Waals surface area (Å²) in [6, 6.07) is 17.1. The fourth-order valence-corrected chi connectivity index (χ4v) is 2.53. The van der Waals surface area contributed by atoms with Crippen molar-refractivity contribution in [2.24, 2.45) is 0 Å². The zero-order valence-electron chi connectivity index (χ0n) is 13.9. The van der Waals surface area contributed by atoms with Crippen LogP contribution in [-0.4, -0.2) is 16.1 Å². The summed E-state index contributed by atoms with van der Waals surface area (Å²) in [5.41, 5.74) is 1.63. The Bertz CT molecular complexity index is 903. The van der Waals surface area contributed by atoms with Crippen LogP contribution in [0.1, 0.15) is 29.0 Å². The van der Waals surface area contributed by atoms with Gasteiger partial charge in [0.05, 0.1) is 5.02 Å². The van der Waals surface area contributed by atoms with Gasteiger partial charge in [0.15, 0.2) is 5.69 Å². The summed E-state index contributed by atoms with van der Waals surface area (Å²) in [5.74, 6) is -0.446. The topological polar surface area (TPSA) is 66.9 Å². The van der Waals surface area contributed by atoms with Crippen LogP contribution in [0.5, 0.6) is 0 Å². The number of hydrogen-bond donors (Lipinski definition) is 2. The maximum absolute atomic E-state index is 13.2. The zero-order valence-corrected chi connectivity index (χ0v) is 14.7. The third-order valence-corrected chi connectivity index (χ3v) is 4.03. The smallest absolute Gasteiger partial charge is 0.276 e. The number of nitrogens with zero attached hydrogens (tertiary/aromatic N) is 2. The van der Waals surface area contributed by atoms with Gasteiger partial charge in [-0.15, -0.1) is 10.2 Å². The molecule has 7 heteroatoms. The van der Waals surface area contributed by atoms with Crippen LogP contribution >= 0.6 is 11.6 Å². The summed E-state index contributed by atoms with van der Waals surface area (Å²) >= 11 is 5.70. The predicted molar refractivity (Wildman–Crippen MR) is 99.9 cm³/mol. The number of nitrogens with one attached hydrogen (secondary N) is 2. The van der Waals surface area contributed by atoms with Crippen molar-refractivity contribution < 1.29 is 9.18 Å². The molecule has 5 nitrogen and oxygen atoms in total. The lowest BCUT2D eigenvalue weighted by atomic mass is 10.1. The minimum Gasteiger partial charge on any atom is -0.362 e. The van der Waals surface area contributed by atoms with Crippen LogP contribution in [0.15, 0.2) is 60.7 Å². The fraction of sp³-hybridized carbons (Fsp3) is 0.105. The van der Waals surface area contributed by atoms with Crippen molar-refractivity contribution in [2.45, 2.75) is 13.0 Å². The number of halogens is 2. The van der Waals surface area contributed by atoms with E-state index in [2.05, 4.69) is 20.8 Å². The van der Waals surface area contributed by atoms with Gasteiger partial charge in [-0.05, 0) is 42.8 Å².